The van der Waals surface area contributed by atoms with E-state index in [9.17, 15) is 9.59 Å². The number of carbonyl (C=O) groups excluding carboxylic acids is 2. The first-order valence-electron chi connectivity index (χ1n) is 6.34. The second kappa shape index (κ2) is 6.07. The second-order valence-electron chi connectivity index (χ2n) is 5.39. The van der Waals surface area contributed by atoms with Crippen LogP contribution in [0.3, 0.4) is 0 Å². The van der Waals surface area contributed by atoms with Gasteiger partial charge in [0, 0.05) is 41.9 Å². The molecule has 0 aliphatic heterocycles. The van der Waals surface area contributed by atoms with Crippen LogP contribution in [0.1, 0.15) is 37.2 Å². The molecular formula is C14H19BN2O3. The van der Waals surface area contributed by atoms with Crippen molar-refractivity contribution >= 4 is 19.6 Å². The SMILES string of the molecule is [B]C(=O)CC(C)(C)c1c(OC(=O)NC)cc(C)nc1C. The molecule has 0 saturated heterocycles. The van der Waals surface area contributed by atoms with Gasteiger partial charge in [-0.1, -0.05) is 13.8 Å². The zero-order chi connectivity index (χ0) is 15.5. The summed E-state index contributed by atoms with van der Waals surface area (Å²) in [6, 6.07) is 1.68. The summed E-state index contributed by atoms with van der Waals surface area (Å²) in [4.78, 5) is 27.1. The molecule has 0 unspecified atom stereocenters. The molecule has 0 saturated carbocycles. The lowest BCUT2D eigenvalue weighted by molar-refractivity contribution is -0.112. The van der Waals surface area contributed by atoms with E-state index < -0.39 is 17.2 Å². The molecule has 1 aromatic rings. The van der Waals surface area contributed by atoms with Crippen LogP contribution in [-0.2, 0) is 10.2 Å². The van der Waals surface area contributed by atoms with Gasteiger partial charge in [0.25, 0.3) is 0 Å². The van der Waals surface area contributed by atoms with Crippen LogP contribution in [0, 0.1) is 13.8 Å². The number of aryl methyl sites for hydroxylation is 2. The standard InChI is InChI=1S/C14H19BN2O3/c1-8-6-10(20-13(19)16-5)12(9(2)17-8)14(3,4)7-11(15)18/h6H,7H2,1-5H3,(H,16,19). The Morgan fingerprint density at radius 1 is 1.40 bits per heavy atom. The van der Waals surface area contributed by atoms with E-state index in [0.717, 1.165) is 11.4 Å². The molecule has 0 aliphatic rings. The molecule has 1 amide bonds. The largest absolute Gasteiger partial charge is 0.412 e. The molecule has 1 rings (SSSR count). The van der Waals surface area contributed by atoms with Gasteiger partial charge in [-0.2, -0.15) is 0 Å². The van der Waals surface area contributed by atoms with Gasteiger partial charge >= 0.3 is 6.09 Å². The predicted molar refractivity (Wildman–Crippen MR) is 77.2 cm³/mol. The zero-order valence-corrected chi connectivity index (χ0v) is 12.5. The summed E-state index contributed by atoms with van der Waals surface area (Å²) in [6.45, 7) is 7.37. The topological polar surface area (TPSA) is 68.3 Å². The first-order chi connectivity index (χ1) is 9.17. The molecule has 0 spiro atoms. The van der Waals surface area contributed by atoms with Crippen LogP contribution in [0.15, 0.2) is 6.07 Å². The fourth-order valence-electron chi connectivity index (χ4n) is 2.37. The van der Waals surface area contributed by atoms with Crippen LogP contribution in [0.2, 0.25) is 0 Å². The molecule has 0 bridgehead atoms. The maximum atomic E-state index is 11.5. The number of rotatable bonds is 4. The zero-order valence-electron chi connectivity index (χ0n) is 12.5. The molecule has 106 valence electrons. The third-order valence-corrected chi connectivity index (χ3v) is 2.99. The summed E-state index contributed by atoms with van der Waals surface area (Å²) in [6.07, 6.45) is -0.422. The molecule has 0 aliphatic carbocycles. The van der Waals surface area contributed by atoms with Gasteiger partial charge < -0.3 is 14.8 Å². The van der Waals surface area contributed by atoms with E-state index in [0.29, 0.717) is 11.3 Å². The Hall–Kier alpha value is -1.85. The van der Waals surface area contributed by atoms with Crippen LogP contribution in [-0.4, -0.2) is 31.7 Å². The molecule has 0 fully saturated rings. The molecule has 20 heavy (non-hydrogen) atoms. The predicted octanol–water partition coefficient (Wildman–Crippen LogP) is 1.78. The van der Waals surface area contributed by atoms with Crippen molar-refractivity contribution in [1.82, 2.24) is 10.3 Å². The van der Waals surface area contributed by atoms with Gasteiger partial charge in [-0.25, -0.2) is 4.79 Å². The van der Waals surface area contributed by atoms with Crippen LogP contribution >= 0.6 is 0 Å². The summed E-state index contributed by atoms with van der Waals surface area (Å²) in [5.74, 6) is 0.403. The molecule has 1 N–H and O–H groups in total. The number of nitrogens with one attached hydrogen (secondary N) is 1. The van der Waals surface area contributed by atoms with Crippen LogP contribution < -0.4 is 10.1 Å². The molecule has 0 atom stereocenters. The minimum atomic E-state index is -0.569. The van der Waals surface area contributed by atoms with Crippen molar-refractivity contribution in [2.75, 3.05) is 7.05 Å². The molecule has 1 heterocycles. The van der Waals surface area contributed by atoms with E-state index in [2.05, 4.69) is 10.3 Å². The monoisotopic (exact) mass is 274 g/mol. The maximum absolute atomic E-state index is 11.5. The molecule has 2 radical (unpaired) electrons. The highest BCUT2D eigenvalue weighted by Crippen LogP contribution is 2.36. The van der Waals surface area contributed by atoms with Gasteiger partial charge in [0.15, 0.2) is 7.85 Å². The van der Waals surface area contributed by atoms with Gasteiger partial charge in [-0.15, -0.1) is 0 Å². The van der Waals surface area contributed by atoms with Crippen molar-refractivity contribution in [2.45, 2.75) is 39.5 Å². The van der Waals surface area contributed by atoms with Gasteiger partial charge in [0.05, 0.1) is 5.68 Å². The third kappa shape index (κ3) is 3.82. The molecule has 6 heteroatoms. The molecule has 5 nitrogen and oxygen atoms in total. The average molecular weight is 274 g/mol. The van der Waals surface area contributed by atoms with Crippen molar-refractivity contribution in [1.29, 1.82) is 0 Å². The third-order valence-electron chi connectivity index (χ3n) is 2.99. The smallest absolute Gasteiger partial charge is 0.410 e. The minimum Gasteiger partial charge on any atom is -0.410 e. The summed E-state index contributed by atoms with van der Waals surface area (Å²) < 4.78 is 5.28. The van der Waals surface area contributed by atoms with Gasteiger partial charge in [0.2, 0.25) is 0 Å². The molecule has 1 aromatic heterocycles. The van der Waals surface area contributed by atoms with Gasteiger partial charge in [0.1, 0.15) is 5.75 Å². The quantitative estimate of drug-likeness (QED) is 0.850. The fraction of sp³-hybridized carbons (Fsp3) is 0.500. The highest BCUT2D eigenvalue weighted by molar-refractivity contribution is 6.57. The number of aromatic nitrogens is 1. The van der Waals surface area contributed by atoms with Crippen LogP contribution in [0.4, 0.5) is 4.79 Å². The van der Waals surface area contributed by atoms with Crippen molar-refractivity contribution in [3.05, 3.63) is 23.0 Å². The Morgan fingerprint density at radius 2 is 2.00 bits per heavy atom. The highest BCUT2D eigenvalue weighted by Gasteiger charge is 2.29. The maximum Gasteiger partial charge on any atom is 0.412 e. The van der Waals surface area contributed by atoms with Gasteiger partial charge in [-0.05, 0) is 13.8 Å². The number of ether oxygens (including phenoxy) is 1. The minimum absolute atomic E-state index is 0.142. The number of carbonyl (C=O) groups is 2. The Labute approximate surface area is 120 Å². The van der Waals surface area contributed by atoms with Crippen LogP contribution in [0.5, 0.6) is 5.75 Å². The van der Waals surface area contributed by atoms with Crippen molar-refractivity contribution in [2.24, 2.45) is 0 Å². The lowest BCUT2D eigenvalue weighted by Crippen LogP contribution is -2.28. The first kappa shape index (κ1) is 16.2. The highest BCUT2D eigenvalue weighted by atomic mass is 16.6. The summed E-state index contributed by atoms with van der Waals surface area (Å²) in [5.41, 5.74) is 1.18. The lowest BCUT2D eigenvalue weighted by atomic mass is 9.75. The summed E-state index contributed by atoms with van der Waals surface area (Å²) in [7, 11) is 6.78. The lowest BCUT2D eigenvalue weighted by Gasteiger charge is -2.28. The van der Waals surface area contributed by atoms with Crippen molar-refractivity contribution < 1.29 is 14.3 Å². The number of pyridine rings is 1. The number of amides is 1. The van der Waals surface area contributed by atoms with E-state index in [4.69, 9.17) is 12.6 Å². The van der Waals surface area contributed by atoms with Gasteiger partial charge in [-0.3, -0.25) is 4.98 Å². The Balaban J connectivity index is 3.35. The average Bonchev–Trinajstić information content (AvgIpc) is 2.25. The molecular weight excluding hydrogens is 255 g/mol. The Kier molecular flexibility index (Phi) is 4.92. The first-order valence-corrected chi connectivity index (χ1v) is 6.34. The van der Waals surface area contributed by atoms with Crippen molar-refractivity contribution in [3.63, 3.8) is 0 Å². The van der Waals surface area contributed by atoms with Crippen LogP contribution in [0.25, 0.3) is 0 Å². The Bertz CT molecular complexity index is 541. The molecule has 0 aromatic carbocycles. The van der Waals surface area contributed by atoms with E-state index in [-0.39, 0.29) is 6.42 Å². The van der Waals surface area contributed by atoms with E-state index in [1.807, 2.05) is 27.7 Å². The number of nitrogens with zero attached hydrogens (tertiary/aromatic N) is 1. The van der Waals surface area contributed by atoms with E-state index >= 15 is 0 Å². The number of hydrogen-bond donors (Lipinski definition) is 1. The second-order valence-corrected chi connectivity index (χ2v) is 5.39. The summed E-state index contributed by atoms with van der Waals surface area (Å²) >= 11 is 0. The Morgan fingerprint density at radius 3 is 2.50 bits per heavy atom. The summed E-state index contributed by atoms with van der Waals surface area (Å²) in [5, 5.41) is 2.40. The normalized spacial score (nSPS) is 11.1. The van der Waals surface area contributed by atoms with Crippen molar-refractivity contribution in [3.8, 4) is 5.75 Å². The van der Waals surface area contributed by atoms with E-state index in [1.54, 1.807) is 6.07 Å². The van der Waals surface area contributed by atoms with E-state index in [1.165, 1.54) is 7.05 Å². The number of hydrogen-bond acceptors (Lipinski definition) is 4. The fourth-order valence-corrected chi connectivity index (χ4v) is 2.37.